The minimum atomic E-state index is 0. The molecule has 56 valence electrons. The first-order valence-corrected chi connectivity index (χ1v) is 3.34. The molecule has 0 radical (unpaired) electrons. The third-order valence-corrected chi connectivity index (χ3v) is 1.38. The Labute approximate surface area is 71.8 Å². The number of halogens is 2. The van der Waals surface area contributed by atoms with E-state index in [1.54, 1.807) is 0 Å². The summed E-state index contributed by atoms with van der Waals surface area (Å²) in [6.45, 7) is 2.00. The lowest BCUT2D eigenvalue weighted by atomic mass is 10.3. The van der Waals surface area contributed by atoms with Crippen LogP contribution in [0, 0.1) is 6.92 Å². The van der Waals surface area contributed by atoms with Gasteiger partial charge in [0.2, 0.25) is 0 Å². The zero-order valence-corrected chi connectivity index (χ0v) is 7.25. The lowest BCUT2D eigenvalue weighted by molar-refractivity contribution is 1.14. The number of hydrogen-bond acceptors (Lipinski definition) is 1. The molecule has 0 aromatic carbocycles. The molecule has 0 amide bonds. The van der Waals surface area contributed by atoms with Crippen molar-refractivity contribution >= 4 is 24.0 Å². The van der Waals surface area contributed by atoms with Gasteiger partial charge >= 0.3 is 0 Å². The maximum Gasteiger partial charge on any atom is 0.0647 e. The molecule has 0 aliphatic rings. The standard InChI is InChI=1S/C7H8ClN.ClH/c1-6-2-3-7(4-8)9-5-6;/h2-3,5H,4H2,1H3;1H. The summed E-state index contributed by atoms with van der Waals surface area (Å²) in [6.07, 6.45) is 1.82. The molecule has 1 rings (SSSR count). The van der Waals surface area contributed by atoms with Crippen molar-refractivity contribution in [1.82, 2.24) is 4.98 Å². The summed E-state index contributed by atoms with van der Waals surface area (Å²) in [7, 11) is 0. The minimum absolute atomic E-state index is 0. The van der Waals surface area contributed by atoms with Crippen LogP contribution in [-0.4, -0.2) is 4.98 Å². The van der Waals surface area contributed by atoms with E-state index in [1.165, 1.54) is 5.56 Å². The smallest absolute Gasteiger partial charge is 0.0647 e. The Morgan fingerprint density at radius 2 is 2.20 bits per heavy atom. The molecule has 0 unspecified atom stereocenters. The Morgan fingerprint density at radius 3 is 2.60 bits per heavy atom. The van der Waals surface area contributed by atoms with Gasteiger partial charge in [-0.05, 0) is 18.6 Å². The van der Waals surface area contributed by atoms with E-state index in [1.807, 2.05) is 25.3 Å². The highest BCUT2D eigenvalue weighted by atomic mass is 35.5. The molecule has 0 atom stereocenters. The van der Waals surface area contributed by atoms with E-state index in [9.17, 15) is 0 Å². The van der Waals surface area contributed by atoms with Crippen LogP contribution in [0.4, 0.5) is 0 Å². The summed E-state index contributed by atoms with van der Waals surface area (Å²) in [5.74, 6) is 0.500. The fourth-order valence-corrected chi connectivity index (χ4v) is 0.736. The summed E-state index contributed by atoms with van der Waals surface area (Å²) in [5.41, 5.74) is 2.10. The summed E-state index contributed by atoms with van der Waals surface area (Å²) >= 11 is 5.52. The van der Waals surface area contributed by atoms with Crippen molar-refractivity contribution in [2.24, 2.45) is 0 Å². The second-order valence-electron chi connectivity index (χ2n) is 1.96. The number of pyridine rings is 1. The molecule has 0 saturated carbocycles. The fourth-order valence-electron chi connectivity index (χ4n) is 0.577. The first-order chi connectivity index (χ1) is 4.33. The molecule has 1 heterocycles. The molecule has 0 saturated heterocycles. The summed E-state index contributed by atoms with van der Waals surface area (Å²) in [6, 6.07) is 3.94. The SMILES string of the molecule is Cc1ccc(CCl)nc1.Cl. The van der Waals surface area contributed by atoms with E-state index < -0.39 is 0 Å². The van der Waals surface area contributed by atoms with Crippen LogP contribution in [0.3, 0.4) is 0 Å². The summed E-state index contributed by atoms with van der Waals surface area (Å²) < 4.78 is 0. The molecule has 0 aliphatic heterocycles. The Hall–Kier alpha value is -0.270. The highest BCUT2D eigenvalue weighted by Crippen LogP contribution is 2.00. The highest BCUT2D eigenvalue weighted by molar-refractivity contribution is 6.16. The van der Waals surface area contributed by atoms with E-state index >= 15 is 0 Å². The van der Waals surface area contributed by atoms with Crippen molar-refractivity contribution in [2.45, 2.75) is 12.8 Å². The largest absolute Gasteiger partial charge is 0.260 e. The summed E-state index contributed by atoms with van der Waals surface area (Å²) in [4.78, 5) is 4.06. The lowest BCUT2D eigenvalue weighted by Crippen LogP contribution is -1.83. The van der Waals surface area contributed by atoms with E-state index in [4.69, 9.17) is 11.6 Å². The number of rotatable bonds is 1. The molecule has 0 N–H and O–H groups in total. The van der Waals surface area contributed by atoms with E-state index in [-0.39, 0.29) is 12.4 Å². The predicted octanol–water partition coefficient (Wildman–Crippen LogP) is 2.55. The average Bonchev–Trinajstić information content (AvgIpc) is 1.90. The van der Waals surface area contributed by atoms with E-state index in [2.05, 4.69) is 4.98 Å². The molecule has 0 aliphatic carbocycles. The molecule has 0 spiro atoms. The second kappa shape index (κ2) is 4.53. The van der Waals surface area contributed by atoms with Gasteiger partial charge in [0.05, 0.1) is 11.6 Å². The third kappa shape index (κ3) is 2.54. The van der Waals surface area contributed by atoms with Crippen LogP contribution >= 0.6 is 24.0 Å². The number of alkyl halides is 1. The van der Waals surface area contributed by atoms with Crippen LogP contribution in [-0.2, 0) is 5.88 Å². The monoisotopic (exact) mass is 177 g/mol. The Balaban J connectivity index is 0.000000810. The fraction of sp³-hybridized carbons (Fsp3) is 0.286. The lowest BCUT2D eigenvalue weighted by Gasteiger charge is -1.92. The van der Waals surface area contributed by atoms with Crippen LogP contribution in [0.2, 0.25) is 0 Å². The van der Waals surface area contributed by atoms with Crippen LogP contribution in [0.15, 0.2) is 18.3 Å². The van der Waals surface area contributed by atoms with E-state index in [0.717, 1.165) is 5.69 Å². The Morgan fingerprint density at radius 1 is 1.50 bits per heavy atom. The molecule has 0 fully saturated rings. The normalized spacial score (nSPS) is 8.60. The van der Waals surface area contributed by atoms with Crippen molar-refractivity contribution in [2.75, 3.05) is 0 Å². The van der Waals surface area contributed by atoms with Crippen molar-refractivity contribution in [3.8, 4) is 0 Å². The molecule has 10 heavy (non-hydrogen) atoms. The molecule has 3 heteroatoms. The minimum Gasteiger partial charge on any atom is -0.260 e. The zero-order valence-electron chi connectivity index (χ0n) is 5.67. The van der Waals surface area contributed by atoms with Crippen LogP contribution < -0.4 is 0 Å². The number of aryl methyl sites for hydroxylation is 1. The molecule has 1 aromatic rings. The van der Waals surface area contributed by atoms with Gasteiger partial charge < -0.3 is 0 Å². The quantitative estimate of drug-likeness (QED) is 0.602. The Kier molecular flexibility index (Phi) is 4.41. The van der Waals surface area contributed by atoms with Gasteiger partial charge in [-0.25, -0.2) is 0 Å². The molecular formula is C7H9Cl2N. The summed E-state index contributed by atoms with van der Waals surface area (Å²) in [5, 5.41) is 0. The van der Waals surface area contributed by atoms with E-state index in [0.29, 0.717) is 5.88 Å². The van der Waals surface area contributed by atoms with Crippen LogP contribution in [0.1, 0.15) is 11.3 Å². The van der Waals surface area contributed by atoms with Crippen molar-refractivity contribution < 1.29 is 0 Å². The van der Waals surface area contributed by atoms with Gasteiger partial charge in [0.25, 0.3) is 0 Å². The Bertz CT molecular complexity index is 183. The van der Waals surface area contributed by atoms with Gasteiger partial charge in [-0.3, -0.25) is 4.98 Å². The maximum absolute atomic E-state index is 5.52. The predicted molar refractivity (Wildman–Crippen MR) is 45.8 cm³/mol. The van der Waals surface area contributed by atoms with Crippen molar-refractivity contribution in [3.63, 3.8) is 0 Å². The number of nitrogens with zero attached hydrogens (tertiary/aromatic N) is 1. The van der Waals surface area contributed by atoms with Gasteiger partial charge in [-0.2, -0.15) is 0 Å². The third-order valence-electron chi connectivity index (χ3n) is 1.11. The molecule has 0 bridgehead atoms. The highest BCUT2D eigenvalue weighted by Gasteiger charge is 1.87. The first kappa shape index (κ1) is 9.73. The number of hydrogen-bond donors (Lipinski definition) is 0. The zero-order chi connectivity index (χ0) is 6.69. The maximum atomic E-state index is 5.52. The van der Waals surface area contributed by atoms with Crippen LogP contribution in [0.25, 0.3) is 0 Å². The molecule has 1 aromatic heterocycles. The van der Waals surface area contributed by atoms with Gasteiger partial charge in [0, 0.05) is 6.20 Å². The molecule has 1 nitrogen and oxygen atoms in total. The molecular weight excluding hydrogens is 169 g/mol. The van der Waals surface area contributed by atoms with Gasteiger partial charge in [-0.1, -0.05) is 6.07 Å². The van der Waals surface area contributed by atoms with Crippen molar-refractivity contribution in [3.05, 3.63) is 29.6 Å². The first-order valence-electron chi connectivity index (χ1n) is 2.80. The van der Waals surface area contributed by atoms with Gasteiger partial charge in [0.15, 0.2) is 0 Å². The second-order valence-corrected chi connectivity index (χ2v) is 2.23. The topological polar surface area (TPSA) is 12.9 Å². The van der Waals surface area contributed by atoms with Gasteiger partial charge in [0.1, 0.15) is 0 Å². The van der Waals surface area contributed by atoms with Crippen molar-refractivity contribution in [1.29, 1.82) is 0 Å². The van der Waals surface area contributed by atoms with Crippen LogP contribution in [0.5, 0.6) is 0 Å². The average molecular weight is 178 g/mol. The van der Waals surface area contributed by atoms with Gasteiger partial charge in [-0.15, -0.1) is 24.0 Å². The number of aromatic nitrogens is 1.